The second kappa shape index (κ2) is 7.23. The molecule has 0 bridgehead atoms. The first-order chi connectivity index (χ1) is 9.00. The van der Waals surface area contributed by atoms with Gasteiger partial charge in [0.1, 0.15) is 0 Å². The number of carbonyl (C=O) groups excluding carboxylic acids is 1. The average molecular weight is 278 g/mol. The molecule has 0 aliphatic carbocycles. The molecular formula is C17H20LiOP. The van der Waals surface area contributed by atoms with E-state index >= 15 is 0 Å². The van der Waals surface area contributed by atoms with E-state index < -0.39 is 0 Å². The van der Waals surface area contributed by atoms with Gasteiger partial charge in [-0.05, 0) is 63.8 Å². The van der Waals surface area contributed by atoms with E-state index in [1.807, 2.05) is 44.2 Å². The van der Waals surface area contributed by atoms with Crippen molar-refractivity contribution in [3.63, 3.8) is 0 Å². The second-order valence-corrected chi connectivity index (χ2v) is 6.24. The number of benzene rings is 2. The minimum atomic E-state index is 0. The summed E-state index contributed by atoms with van der Waals surface area (Å²) in [7, 11) is 0.202. The van der Waals surface area contributed by atoms with Crippen molar-refractivity contribution < 1.29 is 4.79 Å². The SMILES string of the molecule is Cc1cc(C)c(C)c(C(=O)Pc2ccccc2)c1C.[LiH]. The summed E-state index contributed by atoms with van der Waals surface area (Å²) >= 11 is 0. The van der Waals surface area contributed by atoms with Gasteiger partial charge < -0.3 is 0 Å². The van der Waals surface area contributed by atoms with Crippen LogP contribution in [0.4, 0.5) is 0 Å². The summed E-state index contributed by atoms with van der Waals surface area (Å²) < 4.78 is 0. The minimum absolute atomic E-state index is 0. The molecule has 0 amide bonds. The molecule has 0 aliphatic heterocycles. The molecule has 2 aromatic rings. The predicted octanol–water partition coefficient (Wildman–Crippen LogP) is 3.42. The van der Waals surface area contributed by atoms with Crippen molar-refractivity contribution in [1.82, 2.24) is 0 Å². The number of carbonyl (C=O) groups is 1. The van der Waals surface area contributed by atoms with Crippen molar-refractivity contribution in [2.75, 3.05) is 0 Å². The van der Waals surface area contributed by atoms with E-state index in [9.17, 15) is 4.79 Å². The van der Waals surface area contributed by atoms with Gasteiger partial charge in [0.05, 0.1) is 0 Å². The number of aryl methyl sites for hydroxylation is 2. The Hall–Kier alpha value is -0.863. The van der Waals surface area contributed by atoms with Gasteiger partial charge in [-0.2, -0.15) is 0 Å². The van der Waals surface area contributed by atoms with E-state index in [2.05, 4.69) is 19.9 Å². The molecule has 0 aromatic heterocycles. The molecule has 2 aromatic carbocycles. The van der Waals surface area contributed by atoms with Crippen LogP contribution in [0.3, 0.4) is 0 Å². The van der Waals surface area contributed by atoms with E-state index in [-0.39, 0.29) is 33.0 Å². The third-order valence-electron chi connectivity index (χ3n) is 3.62. The number of hydrogen-bond acceptors (Lipinski definition) is 1. The van der Waals surface area contributed by atoms with Gasteiger partial charge in [-0.1, -0.05) is 36.4 Å². The topological polar surface area (TPSA) is 17.1 Å². The van der Waals surface area contributed by atoms with Crippen molar-refractivity contribution in [3.05, 3.63) is 64.2 Å². The second-order valence-electron chi connectivity index (χ2n) is 4.96. The molecule has 0 heterocycles. The fourth-order valence-corrected chi connectivity index (χ4v) is 3.39. The van der Waals surface area contributed by atoms with Crippen molar-refractivity contribution in [3.8, 4) is 0 Å². The van der Waals surface area contributed by atoms with Gasteiger partial charge in [0, 0.05) is 5.56 Å². The van der Waals surface area contributed by atoms with Crippen LogP contribution >= 0.6 is 8.58 Å². The first-order valence-electron chi connectivity index (χ1n) is 6.44. The van der Waals surface area contributed by atoms with Crippen molar-refractivity contribution in [2.45, 2.75) is 27.7 Å². The Labute approximate surface area is 135 Å². The standard InChI is InChI=1S/C17H19OP.Li.H/c1-11-10-12(2)14(4)16(13(11)3)17(18)19-15-8-6-5-7-9-15;;/h5-10,19H,1-4H3;;. The summed E-state index contributed by atoms with van der Waals surface area (Å²) in [5.41, 5.74) is 5.80. The molecule has 0 radical (unpaired) electrons. The maximum absolute atomic E-state index is 12.6. The molecule has 1 nitrogen and oxygen atoms in total. The summed E-state index contributed by atoms with van der Waals surface area (Å²) in [6.45, 7) is 8.24. The maximum atomic E-state index is 12.6. The van der Waals surface area contributed by atoms with Crippen LogP contribution in [0, 0.1) is 27.7 Å². The quantitative estimate of drug-likeness (QED) is 0.621. The molecule has 0 N–H and O–H groups in total. The molecule has 20 heavy (non-hydrogen) atoms. The van der Waals surface area contributed by atoms with Gasteiger partial charge in [-0.3, -0.25) is 4.79 Å². The molecule has 0 saturated heterocycles. The van der Waals surface area contributed by atoms with Crippen LogP contribution in [0.2, 0.25) is 0 Å². The molecule has 0 spiro atoms. The van der Waals surface area contributed by atoms with E-state index in [1.165, 1.54) is 11.1 Å². The third-order valence-corrected chi connectivity index (χ3v) is 4.72. The van der Waals surface area contributed by atoms with E-state index in [1.54, 1.807) is 0 Å². The van der Waals surface area contributed by atoms with Gasteiger partial charge in [-0.25, -0.2) is 0 Å². The zero-order valence-corrected chi connectivity index (χ0v) is 12.9. The molecule has 2 rings (SSSR count). The van der Waals surface area contributed by atoms with Crippen LogP contribution in [0.1, 0.15) is 32.6 Å². The first kappa shape index (κ1) is 17.2. The Morgan fingerprint density at radius 2 is 1.40 bits per heavy atom. The van der Waals surface area contributed by atoms with Crippen LogP contribution in [0.5, 0.6) is 0 Å². The van der Waals surface area contributed by atoms with Crippen molar-refractivity contribution >= 4 is 38.3 Å². The monoisotopic (exact) mass is 278 g/mol. The summed E-state index contributed by atoms with van der Waals surface area (Å²) in [6, 6.07) is 12.1. The van der Waals surface area contributed by atoms with Crippen LogP contribution < -0.4 is 5.30 Å². The Morgan fingerprint density at radius 1 is 0.900 bits per heavy atom. The summed E-state index contributed by atoms with van der Waals surface area (Å²) in [5.74, 6) is 0. The summed E-state index contributed by atoms with van der Waals surface area (Å²) in [5, 5.41) is 1.10. The molecule has 100 valence electrons. The van der Waals surface area contributed by atoms with Gasteiger partial charge in [0.15, 0.2) is 5.52 Å². The Balaban J connectivity index is 0.00000200. The van der Waals surface area contributed by atoms with E-state index in [0.717, 1.165) is 22.0 Å². The van der Waals surface area contributed by atoms with Crippen LogP contribution in [0.15, 0.2) is 36.4 Å². The number of rotatable bonds is 3. The zero-order valence-electron chi connectivity index (χ0n) is 11.9. The van der Waals surface area contributed by atoms with Crippen LogP contribution in [0.25, 0.3) is 0 Å². The Morgan fingerprint density at radius 3 is 1.90 bits per heavy atom. The molecule has 0 fully saturated rings. The summed E-state index contributed by atoms with van der Waals surface area (Å²) in [6.07, 6.45) is 0. The van der Waals surface area contributed by atoms with E-state index in [0.29, 0.717) is 0 Å². The van der Waals surface area contributed by atoms with Crippen LogP contribution in [-0.2, 0) is 0 Å². The third kappa shape index (κ3) is 3.61. The normalized spacial score (nSPS) is 10.6. The fraction of sp³-hybridized carbons (Fsp3) is 0.235. The fourth-order valence-electron chi connectivity index (χ4n) is 2.27. The van der Waals surface area contributed by atoms with Crippen molar-refractivity contribution in [1.29, 1.82) is 0 Å². The Bertz CT molecular complexity index is 594. The summed E-state index contributed by atoms with van der Waals surface area (Å²) in [4.78, 5) is 12.6. The average Bonchev–Trinajstić information content (AvgIpc) is 2.38. The number of hydrogen-bond donors (Lipinski definition) is 0. The van der Waals surface area contributed by atoms with Gasteiger partial charge in [0.2, 0.25) is 0 Å². The molecular weight excluding hydrogens is 258 g/mol. The first-order valence-corrected chi connectivity index (χ1v) is 7.44. The van der Waals surface area contributed by atoms with Crippen LogP contribution in [-0.4, -0.2) is 24.4 Å². The molecule has 3 heteroatoms. The zero-order chi connectivity index (χ0) is 14.0. The van der Waals surface area contributed by atoms with E-state index in [4.69, 9.17) is 0 Å². The molecule has 1 atom stereocenters. The van der Waals surface area contributed by atoms with Crippen molar-refractivity contribution in [2.24, 2.45) is 0 Å². The predicted molar refractivity (Wildman–Crippen MR) is 91.3 cm³/mol. The van der Waals surface area contributed by atoms with Gasteiger partial charge in [0.25, 0.3) is 0 Å². The van der Waals surface area contributed by atoms with Gasteiger partial charge in [-0.15, -0.1) is 0 Å². The van der Waals surface area contributed by atoms with Gasteiger partial charge >= 0.3 is 18.9 Å². The Kier molecular flexibility index (Phi) is 6.22. The molecule has 0 aliphatic rings. The molecule has 1 unspecified atom stereocenters. The molecule has 0 saturated carbocycles.